The summed E-state index contributed by atoms with van der Waals surface area (Å²) in [6.45, 7) is 3.89. The number of benzene rings is 1. The Bertz CT molecular complexity index is 671. The van der Waals surface area contributed by atoms with Crippen LogP contribution >= 0.6 is 0 Å². The Kier molecular flexibility index (Phi) is 6.19. The Hall–Kier alpha value is -2.18. The molecular formula is C19H26N4O2. The van der Waals surface area contributed by atoms with E-state index in [-0.39, 0.29) is 12.0 Å². The Balaban J connectivity index is 1.39. The van der Waals surface area contributed by atoms with Gasteiger partial charge in [-0.2, -0.15) is 0 Å². The lowest BCUT2D eigenvalue weighted by Crippen LogP contribution is -2.44. The molecule has 1 amide bonds. The zero-order valence-electron chi connectivity index (χ0n) is 14.7. The molecule has 2 aromatic rings. The Labute approximate surface area is 148 Å². The number of ether oxygens (including phenoxy) is 1. The second kappa shape index (κ2) is 8.78. The molecule has 1 aliphatic rings. The second-order valence-corrected chi connectivity index (χ2v) is 6.47. The number of imidazole rings is 1. The van der Waals surface area contributed by atoms with Crippen LogP contribution in [-0.2, 0) is 29.5 Å². The fraction of sp³-hybridized carbons (Fsp3) is 0.474. The quantitative estimate of drug-likeness (QED) is 0.826. The number of aromatic nitrogens is 2. The maximum Gasteiger partial charge on any atom is 0.222 e. The highest BCUT2D eigenvalue weighted by molar-refractivity contribution is 5.76. The van der Waals surface area contributed by atoms with Gasteiger partial charge in [-0.25, -0.2) is 4.98 Å². The molecule has 25 heavy (non-hydrogen) atoms. The molecule has 3 rings (SSSR count). The van der Waals surface area contributed by atoms with Gasteiger partial charge in [0.1, 0.15) is 5.82 Å². The van der Waals surface area contributed by atoms with Gasteiger partial charge in [-0.15, -0.1) is 0 Å². The van der Waals surface area contributed by atoms with Crippen molar-refractivity contribution in [2.75, 3.05) is 26.2 Å². The van der Waals surface area contributed by atoms with Crippen LogP contribution in [-0.4, -0.2) is 52.7 Å². The molecule has 6 nitrogen and oxygen atoms in total. The summed E-state index contributed by atoms with van der Waals surface area (Å²) in [4.78, 5) is 18.8. The summed E-state index contributed by atoms with van der Waals surface area (Å²) in [5.41, 5.74) is 1.29. The fourth-order valence-electron chi connectivity index (χ4n) is 3.12. The van der Waals surface area contributed by atoms with E-state index < -0.39 is 0 Å². The molecular weight excluding hydrogens is 316 g/mol. The Morgan fingerprint density at radius 2 is 2.20 bits per heavy atom. The van der Waals surface area contributed by atoms with Crippen molar-refractivity contribution < 1.29 is 9.53 Å². The highest BCUT2D eigenvalue weighted by Gasteiger charge is 2.22. The van der Waals surface area contributed by atoms with E-state index in [4.69, 9.17) is 4.74 Å². The molecule has 0 saturated carbocycles. The molecule has 0 bridgehead atoms. The van der Waals surface area contributed by atoms with Gasteiger partial charge in [-0.3, -0.25) is 9.69 Å². The van der Waals surface area contributed by atoms with Crippen molar-refractivity contribution >= 4 is 5.91 Å². The normalized spacial score (nSPS) is 18.2. The SMILES string of the molecule is Cn1ccnc1CCNC(=O)C[C@H]1CN(Cc2ccccc2)CCO1. The van der Waals surface area contributed by atoms with Gasteiger partial charge in [0.05, 0.1) is 19.1 Å². The van der Waals surface area contributed by atoms with Crippen LogP contribution in [0, 0.1) is 0 Å². The first-order valence-corrected chi connectivity index (χ1v) is 8.81. The van der Waals surface area contributed by atoms with Crippen LogP contribution in [0.1, 0.15) is 17.8 Å². The smallest absolute Gasteiger partial charge is 0.222 e. The van der Waals surface area contributed by atoms with Crippen molar-refractivity contribution in [3.63, 3.8) is 0 Å². The minimum atomic E-state index is -0.0365. The summed E-state index contributed by atoms with van der Waals surface area (Å²) in [5, 5.41) is 2.97. The van der Waals surface area contributed by atoms with Crippen LogP contribution in [0.5, 0.6) is 0 Å². The first-order chi connectivity index (χ1) is 12.2. The summed E-state index contributed by atoms with van der Waals surface area (Å²) in [6.07, 6.45) is 4.79. The number of hydrogen-bond acceptors (Lipinski definition) is 4. The van der Waals surface area contributed by atoms with Crippen LogP contribution in [0.25, 0.3) is 0 Å². The zero-order valence-corrected chi connectivity index (χ0v) is 14.7. The molecule has 1 fully saturated rings. The number of morpholine rings is 1. The monoisotopic (exact) mass is 342 g/mol. The summed E-state index contributed by atoms with van der Waals surface area (Å²) < 4.78 is 7.74. The summed E-state index contributed by atoms with van der Waals surface area (Å²) >= 11 is 0. The Morgan fingerprint density at radius 1 is 1.36 bits per heavy atom. The van der Waals surface area contributed by atoms with E-state index in [2.05, 4.69) is 39.5 Å². The number of nitrogens with one attached hydrogen (secondary N) is 1. The first kappa shape index (κ1) is 17.6. The third-order valence-electron chi connectivity index (χ3n) is 4.48. The van der Waals surface area contributed by atoms with E-state index >= 15 is 0 Å². The number of amides is 1. The van der Waals surface area contributed by atoms with Gasteiger partial charge in [0.25, 0.3) is 0 Å². The number of aryl methyl sites for hydroxylation is 1. The molecule has 1 aliphatic heterocycles. The lowest BCUT2D eigenvalue weighted by atomic mass is 10.1. The zero-order chi connectivity index (χ0) is 17.5. The predicted molar refractivity (Wildman–Crippen MR) is 96.0 cm³/mol. The van der Waals surface area contributed by atoms with Gasteiger partial charge in [0.2, 0.25) is 5.91 Å². The van der Waals surface area contributed by atoms with E-state index in [1.165, 1.54) is 5.56 Å². The van der Waals surface area contributed by atoms with Crippen LogP contribution in [0.4, 0.5) is 0 Å². The van der Waals surface area contributed by atoms with E-state index in [9.17, 15) is 4.79 Å². The van der Waals surface area contributed by atoms with Crippen molar-refractivity contribution in [1.29, 1.82) is 0 Å². The topological polar surface area (TPSA) is 59.4 Å². The number of nitrogens with zero attached hydrogens (tertiary/aromatic N) is 3. The summed E-state index contributed by atoms with van der Waals surface area (Å²) in [7, 11) is 1.96. The van der Waals surface area contributed by atoms with Crippen LogP contribution in [0.15, 0.2) is 42.7 Å². The summed E-state index contributed by atoms with van der Waals surface area (Å²) in [6, 6.07) is 10.4. The molecule has 2 heterocycles. The second-order valence-electron chi connectivity index (χ2n) is 6.47. The maximum absolute atomic E-state index is 12.2. The van der Waals surface area contributed by atoms with Crippen LogP contribution in [0.3, 0.4) is 0 Å². The van der Waals surface area contributed by atoms with Crippen molar-refractivity contribution in [1.82, 2.24) is 19.8 Å². The highest BCUT2D eigenvalue weighted by Crippen LogP contribution is 2.12. The summed E-state index contributed by atoms with van der Waals surface area (Å²) in [5.74, 6) is 1.02. The van der Waals surface area contributed by atoms with Crippen molar-refractivity contribution in [3.05, 3.63) is 54.1 Å². The number of carbonyl (C=O) groups is 1. The first-order valence-electron chi connectivity index (χ1n) is 8.81. The van der Waals surface area contributed by atoms with Crippen LogP contribution in [0.2, 0.25) is 0 Å². The van der Waals surface area contributed by atoms with Gasteiger partial charge in [-0.1, -0.05) is 30.3 Å². The molecule has 0 radical (unpaired) electrons. The fourth-order valence-corrected chi connectivity index (χ4v) is 3.12. The molecule has 1 aromatic heterocycles. The number of hydrogen-bond donors (Lipinski definition) is 1. The van der Waals surface area contributed by atoms with E-state index in [1.807, 2.05) is 23.9 Å². The molecule has 134 valence electrons. The van der Waals surface area contributed by atoms with Gasteiger partial charge < -0.3 is 14.6 Å². The number of carbonyl (C=O) groups excluding carboxylic acids is 1. The van der Waals surface area contributed by atoms with Crippen molar-refractivity contribution in [2.24, 2.45) is 7.05 Å². The van der Waals surface area contributed by atoms with Crippen molar-refractivity contribution in [2.45, 2.75) is 25.5 Å². The third kappa shape index (κ3) is 5.41. The van der Waals surface area contributed by atoms with Crippen LogP contribution < -0.4 is 5.32 Å². The average molecular weight is 342 g/mol. The molecule has 6 heteroatoms. The third-order valence-corrected chi connectivity index (χ3v) is 4.48. The molecule has 0 aliphatic carbocycles. The molecule has 0 spiro atoms. The molecule has 1 atom stereocenters. The molecule has 1 aromatic carbocycles. The maximum atomic E-state index is 12.2. The standard InChI is InChI=1S/C19H26N4O2/c1-22-10-9-20-18(22)7-8-21-19(24)13-17-15-23(11-12-25-17)14-16-5-3-2-4-6-16/h2-6,9-10,17H,7-8,11-15H2,1H3,(H,21,24)/t17-/m0/s1. The predicted octanol–water partition coefficient (Wildman–Crippen LogP) is 1.37. The van der Waals surface area contributed by atoms with Gasteiger partial charge in [-0.05, 0) is 5.56 Å². The largest absolute Gasteiger partial charge is 0.375 e. The van der Waals surface area contributed by atoms with E-state index in [0.717, 1.165) is 31.9 Å². The van der Waals surface area contributed by atoms with E-state index in [1.54, 1.807) is 6.20 Å². The Morgan fingerprint density at radius 3 is 2.96 bits per heavy atom. The van der Waals surface area contributed by atoms with Gasteiger partial charge in [0.15, 0.2) is 0 Å². The van der Waals surface area contributed by atoms with Gasteiger partial charge >= 0.3 is 0 Å². The lowest BCUT2D eigenvalue weighted by Gasteiger charge is -2.32. The number of rotatable bonds is 7. The minimum absolute atomic E-state index is 0.0365. The van der Waals surface area contributed by atoms with E-state index in [0.29, 0.717) is 19.6 Å². The highest BCUT2D eigenvalue weighted by atomic mass is 16.5. The molecule has 1 N–H and O–H groups in total. The van der Waals surface area contributed by atoms with Crippen molar-refractivity contribution in [3.8, 4) is 0 Å². The molecule has 1 saturated heterocycles. The minimum Gasteiger partial charge on any atom is -0.375 e. The van der Waals surface area contributed by atoms with Gasteiger partial charge in [0, 0.05) is 52.0 Å². The lowest BCUT2D eigenvalue weighted by molar-refractivity contribution is -0.126. The average Bonchev–Trinajstić information content (AvgIpc) is 3.01. The molecule has 0 unspecified atom stereocenters.